The van der Waals surface area contributed by atoms with E-state index in [9.17, 15) is 4.79 Å². The van der Waals surface area contributed by atoms with Crippen molar-refractivity contribution in [3.63, 3.8) is 0 Å². The van der Waals surface area contributed by atoms with Crippen molar-refractivity contribution in [1.29, 1.82) is 0 Å². The van der Waals surface area contributed by atoms with Gasteiger partial charge in [-0.15, -0.1) is 0 Å². The molecule has 2 aromatic rings. The summed E-state index contributed by atoms with van der Waals surface area (Å²) in [6, 6.07) is 6.11. The second-order valence-electron chi connectivity index (χ2n) is 6.52. The van der Waals surface area contributed by atoms with Gasteiger partial charge < -0.3 is 20.3 Å². The first-order valence-corrected chi connectivity index (χ1v) is 9.48. The Labute approximate surface area is 164 Å². The summed E-state index contributed by atoms with van der Waals surface area (Å²) >= 11 is 5.45. The molecule has 2 N–H and O–H groups in total. The molecule has 7 nitrogen and oxygen atoms in total. The van der Waals surface area contributed by atoms with Crippen molar-refractivity contribution in [2.45, 2.75) is 27.3 Å². The Kier molecular flexibility index (Phi) is 6.08. The number of hydrogen-bond acceptors (Lipinski definition) is 4. The maximum atomic E-state index is 13.0. The second-order valence-corrected chi connectivity index (χ2v) is 6.93. The molecule has 0 radical (unpaired) electrons. The summed E-state index contributed by atoms with van der Waals surface area (Å²) in [5, 5.41) is 11.1. The Morgan fingerprint density at radius 1 is 1.22 bits per heavy atom. The lowest BCUT2D eigenvalue weighted by molar-refractivity contribution is 0.0295. The molecular weight excluding hydrogens is 362 g/mol. The van der Waals surface area contributed by atoms with Crippen LogP contribution >= 0.6 is 12.2 Å². The van der Waals surface area contributed by atoms with Gasteiger partial charge in [0, 0.05) is 25.3 Å². The minimum absolute atomic E-state index is 0.0607. The van der Waals surface area contributed by atoms with Crippen molar-refractivity contribution in [3.05, 3.63) is 41.2 Å². The summed E-state index contributed by atoms with van der Waals surface area (Å²) in [7, 11) is 0. The zero-order valence-electron chi connectivity index (χ0n) is 15.9. The highest BCUT2D eigenvalue weighted by atomic mass is 32.1. The van der Waals surface area contributed by atoms with E-state index in [4.69, 9.17) is 17.0 Å². The predicted molar refractivity (Wildman–Crippen MR) is 110 cm³/mol. The molecule has 0 unspecified atom stereocenters. The number of nitrogens with one attached hydrogen (secondary N) is 2. The highest BCUT2D eigenvalue weighted by Gasteiger charge is 2.25. The van der Waals surface area contributed by atoms with Gasteiger partial charge in [-0.05, 0) is 44.6 Å². The van der Waals surface area contributed by atoms with Gasteiger partial charge in [0.15, 0.2) is 5.11 Å². The monoisotopic (exact) mass is 387 g/mol. The number of anilines is 2. The van der Waals surface area contributed by atoms with Crippen molar-refractivity contribution in [2.24, 2.45) is 0 Å². The van der Waals surface area contributed by atoms with Crippen LogP contribution in [0.15, 0.2) is 24.4 Å². The van der Waals surface area contributed by atoms with E-state index in [1.165, 1.54) is 5.56 Å². The number of morpholine rings is 1. The smallest absolute Gasteiger partial charge is 0.274 e. The van der Waals surface area contributed by atoms with Crippen LogP contribution in [0, 0.1) is 13.8 Å². The number of rotatable bonds is 4. The normalized spacial score (nSPS) is 14.1. The molecule has 1 aliphatic heterocycles. The fourth-order valence-electron chi connectivity index (χ4n) is 3.09. The van der Waals surface area contributed by atoms with E-state index in [-0.39, 0.29) is 5.91 Å². The number of aromatic nitrogens is 2. The number of nitrogens with zero attached hydrogens (tertiary/aromatic N) is 3. The number of aryl methyl sites for hydroxylation is 3. The molecule has 0 bridgehead atoms. The zero-order valence-corrected chi connectivity index (χ0v) is 16.7. The summed E-state index contributed by atoms with van der Waals surface area (Å²) in [6.45, 7) is 8.92. The van der Waals surface area contributed by atoms with Gasteiger partial charge in [-0.2, -0.15) is 5.10 Å². The molecule has 0 atom stereocenters. The molecule has 0 aliphatic carbocycles. The lowest BCUT2D eigenvalue weighted by Crippen LogP contribution is -2.41. The molecule has 1 amide bonds. The van der Waals surface area contributed by atoms with Crippen LogP contribution in [-0.4, -0.2) is 52.0 Å². The van der Waals surface area contributed by atoms with Crippen LogP contribution in [0.3, 0.4) is 0 Å². The molecule has 1 saturated heterocycles. The van der Waals surface area contributed by atoms with E-state index in [2.05, 4.69) is 28.7 Å². The van der Waals surface area contributed by atoms with Gasteiger partial charge in [0.05, 0.1) is 25.1 Å². The van der Waals surface area contributed by atoms with Gasteiger partial charge >= 0.3 is 0 Å². The number of ether oxygens (including phenoxy) is 1. The Morgan fingerprint density at radius 2 is 1.93 bits per heavy atom. The molecule has 1 aliphatic rings. The highest BCUT2D eigenvalue weighted by molar-refractivity contribution is 7.80. The van der Waals surface area contributed by atoms with Gasteiger partial charge in [0.2, 0.25) is 0 Å². The second kappa shape index (κ2) is 8.49. The molecule has 1 aromatic carbocycles. The van der Waals surface area contributed by atoms with Crippen LogP contribution in [0.2, 0.25) is 0 Å². The number of carbonyl (C=O) groups excluding carboxylic acids is 1. The average molecular weight is 388 g/mol. The maximum Gasteiger partial charge on any atom is 0.274 e. The van der Waals surface area contributed by atoms with Gasteiger partial charge in [-0.25, -0.2) is 0 Å². The maximum absolute atomic E-state index is 13.0. The predicted octanol–water partition coefficient (Wildman–Crippen LogP) is 2.80. The first-order valence-electron chi connectivity index (χ1n) is 9.07. The zero-order chi connectivity index (χ0) is 19.4. The first kappa shape index (κ1) is 19.3. The summed E-state index contributed by atoms with van der Waals surface area (Å²) in [5.41, 5.74) is 4.36. The fourth-order valence-corrected chi connectivity index (χ4v) is 3.31. The summed E-state index contributed by atoms with van der Waals surface area (Å²) in [4.78, 5) is 14.8. The fraction of sp³-hybridized carbons (Fsp3) is 0.421. The highest BCUT2D eigenvalue weighted by Crippen LogP contribution is 2.20. The van der Waals surface area contributed by atoms with Crippen LogP contribution in [-0.2, 0) is 11.3 Å². The Bertz CT molecular complexity index is 843. The van der Waals surface area contributed by atoms with Crippen molar-refractivity contribution in [1.82, 2.24) is 14.7 Å². The molecule has 27 heavy (non-hydrogen) atoms. The van der Waals surface area contributed by atoms with Gasteiger partial charge in [0.25, 0.3) is 5.91 Å². The number of benzene rings is 1. The Morgan fingerprint density at radius 3 is 2.59 bits per heavy atom. The van der Waals surface area contributed by atoms with E-state index < -0.39 is 0 Å². The number of thiocarbonyl (C=S) groups is 1. The van der Waals surface area contributed by atoms with Crippen LogP contribution in [0.1, 0.15) is 28.5 Å². The average Bonchev–Trinajstić information content (AvgIpc) is 3.06. The summed E-state index contributed by atoms with van der Waals surface area (Å²) in [6.07, 6.45) is 1.65. The van der Waals surface area contributed by atoms with Crippen LogP contribution in [0.5, 0.6) is 0 Å². The van der Waals surface area contributed by atoms with E-state index in [1.54, 1.807) is 15.8 Å². The van der Waals surface area contributed by atoms with Crippen molar-refractivity contribution >= 4 is 34.6 Å². The van der Waals surface area contributed by atoms with E-state index in [1.807, 2.05) is 26.0 Å². The van der Waals surface area contributed by atoms with E-state index in [0.29, 0.717) is 49.3 Å². The molecule has 2 heterocycles. The minimum atomic E-state index is -0.0607. The quantitative estimate of drug-likeness (QED) is 0.786. The SMILES string of the molecule is CCn1ncc(NC(=S)Nc2ccc(C)cc2C)c1C(=O)N1CCOCC1. The van der Waals surface area contributed by atoms with Crippen LogP contribution < -0.4 is 10.6 Å². The number of carbonyl (C=O) groups is 1. The summed E-state index contributed by atoms with van der Waals surface area (Å²) in [5.74, 6) is -0.0607. The van der Waals surface area contributed by atoms with Crippen molar-refractivity contribution in [3.8, 4) is 0 Å². The lowest BCUT2D eigenvalue weighted by atomic mass is 10.1. The van der Waals surface area contributed by atoms with Crippen molar-refractivity contribution < 1.29 is 9.53 Å². The molecular formula is C19H25N5O2S. The van der Waals surface area contributed by atoms with E-state index in [0.717, 1.165) is 11.3 Å². The largest absolute Gasteiger partial charge is 0.378 e. The van der Waals surface area contributed by atoms with Crippen LogP contribution in [0.25, 0.3) is 0 Å². The third kappa shape index (κ3) is 4.45. The Hall–Kier alpha value is -2.45. The molecule has 3 rings (SSSR count). The summed E-state index contributed by atoms with van der Waals surface area (Å²) < 4.78 is 7.04. The molecule has 1 aromatic heterocycles. The topological polar surface area (TPSA) is 71.4 Å². The molecule has 0 saturated carbocycles. The molecule has 144 valence electrons. The third-order valence-corrected chi connectivity index (χ3v) is 4.72. The van der Waals surface area contributed by atoms with Gasteiger partial charge in [-0.1, -0.05) is 17.7 Å². The minimum Gasteiger partial charge on any atom is -0.378 e. The van der Waals surface area contributed by atoms with Gasteiger partial charge in [0.1, 0.15) is 5.69 Å². The van der Waals surface area contributed by atoms with Crippen molar-refractivity contribution in [2.75, 3.05) is 36.9 Å². The molecule has 8 heteroatoms. The molecule has 1 fully saturated rings. The van der Waals surface area contributed by atoms with Crippen LogP contribution in [0.4, 0.5) is 11.4 Å². The molecule has 0 spiro atoms. The Balaban J connectivity index is 1.77. The first-order chi connectivity index (χ1) is 13.0. The van der Waals surface area contributed by atoms with Gasteiger partial charge in [-0.3, -0.25) is 9.48 Å². The standard InChI is InChI=1S/C19H25N5O2S/c1-4-24-17(18(25)23-7-9-26-10-8-23)16(12-20-24)22-19(27)21-15-6-5-13(2)11-14(15)3/h5-6,11-12H,4,7-10H2,1-3H3,(H2,21,22,27). The lowest BCUT2D eigenvalue weighted by Gasteiger charge is -2.27. The number of hydrogen-bond donors (Lipinski definition) is 2. The van der Waals surface area contributed by atoms with E-state index >= 15 is 0 Å². The third-order valence-electron chi connectivity index (χ3n) is 4.52. The number of amides is 1.